The Morgan fingerprint density at radius 2 is 1.84 bits per heavy atom. The van der Waals surface area contributed by atoms with Crippen molar-refractivity contribution in [3.8, 4) is 34.5 Å². The number of hydrogen-bond donors (Lipinski definition) is 0. The second-order valence-corrected chi connectivity index (χ2v) is 20.5. The third kappa shape index (κ3) is 8.37. The molecule has 268 valence electrons. The second-order valence-electron chi connectivity index (χ2n) is 14.0. The zero-order valence-electron chi connectivity index (χ0n) is 30.0. The summed E-state index contributed by atoms with van der Waals surface area (Å²) in [6.45, 7) is 13.1. The van der Waals surface area contributed by atoms with Gasteiger partial charge in [-0.05, 0) is 96.1 Å². The molecular weight excluding hydrogens is 748 g/mol. The molecule has 5 aromatic rings. The van der Waals surface area contributed by atoms with E-state index in [0.29, 0.717) is 40.6 Å². The van der Waals surface area contributed by atoms with Crippen LogP contribution in [-0.2, 0) is 22.6 Å². The highest BCUT2D eigenvalue weighted by Crippen LogP contribution is 2.51. The van der Waals surface area contributed by atoms with Crippen LogP contribution in [0.2, 0.25) is 18.1 Å². The topological polar surface area (TPSA) is 115 Å². The molecule has 1 aliphatic rings. The highest BCUT2D eigenvalue weighted by Gasteiger charge is 2.39. The van der Waals surface area contributed by atoms with Crippen LogP contribution in [0.3, 0.4) is 0 Å². The number of thiophene rings is 1. The number of fused-ring (bicyclic) bond motifs is 1. The summed E-state index contributed by atoms with van der Waals surface area (Å²) in [6, 6.07) is 15.2. The number of benzene rings is 2. The molecule has 1 saturated carbocycles. The van der Waals surface area contributed by atoms with E-state index in [1.807, 2.05) is 48.5 Å². The van der Waals surface area contributed by atoms with Gasteiger partial charge in [0.1, 0.15) is 35.0 Å². The van der Waals surface area contributed by atoms with Crippen molar-refractivity contribution in [3.63, 3.8) is 0 Å². The Hall–Kier alpha value is -4.07. The molecule has 51 heavy (non-hydrogen) atoms. The molecule has 0 unspecified atom stereocenters. The van der Waals surface area contributed by atoms with Crippen LogP contribution in [-0.4, -0.2) is 54.0 Å². The smallest absolute Gasteiger partial charge is 0.347 e. The van der Waals surface area contributed by atoms with Crippen molar-refractivity contribution in [2.45, 2.75) is 83.7 Å². The first-order valence-corrected chi connectivity index (χ1v) is 21.6. The van der Waals surface area contributed by atoms with Gasteiger partial charge in [-0.3, -0.25) is 0 Å². The van der Waals surface area contributed by atoms with E-state index >= 15 is 0 Å². The van der Waals surface area contributed by atoms with E-state index in [-0.39, 0.29) is 24.7 Å². The maximum absolute atomic E-state index is 13.6. The summed E-state index contributed by atoms with van der Waals surface area (Å²) in [5.74, 6) is 2.81. The number of methoxy groups -OCH3 is 1. The molecule has 0 aliphatic heterocycles. The molecule has 6 rings (SSSR count). The molecule has 1 aliphatic carbocycles. The van der Waals surface area contributed by atoms with Crippen LogP contribution >= 0.6 is 27.3 Å². The predicted molar refractivity (Wildman–Crippen MR) is 204 cm³/mol. The van der Waals surface area contributed by atoms with Gasteiger partial charge in [0, 0.05) is 27.5 Å². The van der Waals surface area contributed by atoms with Gasteiger partial charge in [-0.2, -0.15) is 0 Å². The summed E-state index contributed by atoms with van der Waals surface area (Å²) in [6.07, 6.45) is 4.58. The lowest BCUT2D eigenvalue weighted by molar-refractivity contribution is -0.151. The van der Waals surface area contributed by atoms with Gasteiger partial charge < -0.3 is 23.4 Å². The van der Waals surface area contributed by atoms with Gasteiger partial charge in [-0.25, -0.2) is 24.7 Å². The van der Waals surface area contributed by atoms with Crippen molar-refractivity contribution in [2.75, 3.05) is 13.7 Å². The Morgan fingerprint density at radius 1 is 1.06 bits per heavy atom. The number of nitrogens with zero attached hydrogens (tertiary/aromatic N) is 4. The number of ether oxygens (including phenoxy) is 4. The van der Waals surface area contributed by atoms with Gasteiger partial charge in [0.2, 0.25) is 20.3 Å². The molecule has 1 atom stereocenters. The highest BCUT2D eigenvalue weighted by atomic mass is 79.9. The van der Waals surface area contributed by atoms with Gasteiger partial charge in [0.05, 0.1) is 30.4 Å². The summed E-state index contributed by atoms with van der Waals surface area (Å²) in [7, 11) is -0.568. The van der Waals surface area contributed by atoms with Crippen LogP contribution in [0, 0.1) is 0 Å². The molecule has 10 nitrogen and oxygen atoms in total. The lowest BCUT2D eigenvalue weighted by Gasteiger charge is -2.36. The van der Waals surface area contributed by atoms with Crippen LogP contribution in [0.1, 0.15) is 62.6 Å². The van der Waals surface area contributed by atoms with Crippen LogP contribution < -0.4 is 18.6 Å². The number of hydrogen-bond acceptors (Lipinski definition) is 11. The molecule has 0 amide bonds. The van der Waals surface area contributed by atoms with Crippen molar-refractivity contribution < 1.29 is 28.2 Å². The lowest BCUT2D eigenvalue weighted by atomic mass is 10.1. The molecule has 0 N–H and O–H groups in total. The fourth-order valence-corrected chi connectivity index (χ4v) is 8.56. The zero-order valence-corrected chi connectivity index (χ0v) is 33.4. The molecule has 1 fully saturated rings. The Bertz CT molecular complexity index is 2030. The Labute approximate surface area is 312 Å². The summed E-state index contributed by atoms with van der Waals surface area (Å²) < 4.78 is 31.6. The second kappa shape index (κ2) is 15.3. The van der Waals surface area contributed by atoms with Gasteiger partial charge in [0.25, 0.3) is 0 Å². The number of halogens is 1. The molecule has 0 bridgehead atoms. The minimum Gasteiger partial charge on any atom is -0.543 e. The van der Waals surface area contributed by atoms with E-state index in [9.17, 15) is 4.79 Å². The van der Waals surface area contributed by atoms with Crippen LogP contribution in [0.4, 0.5) is 0 Å². The fraction of sp³-hybridized carbons (Fsp3) is 0.395. The Morgan fingerprint density at radius 3 is 2.57 bits per heavy atom. The van der Waals surface area contributed by atoms with Crippen LogP contribution in [0.15, 0.2) is 65.5 Å². The standard InChI is InChI=1S/C38H43BrN4O6SSi/c1-8-46-37(44)30(48-35-31-32(39)33(23-13-14-23)50-36(31)42-22-41-35)20-24-19-26(49-51(6,7)38(2,3)4)15-16-28(24)47-21-25-17-18-40-34(43-25)27-11-9-10-12-29(27)45-5/h9-12,15-19,22-23,30H,8,13-14,20-21H2,1-7H3/t30-/m1/s1. The first kappa shape index (κ1) is 36.7. The Kier molecular flexibility index (Phi) is 11.0. The summed E-state index contributed by atoms with van der Waals surface area (Å²) in [4.78, 5) is 33.8. The van der Waals surface area contributed by atoms with E-state index in [4.69, 9.17) is 28.4 Å². The summed E-state index contributed by atoms with van der Waals surface area (Å²) in [5, 5.41) is 0.747. The van der Waals surface area contributed by atoms with Crippen molar-refractivity contribution in [3.05, 3.63) is 81.7 Å². The normalized spacial score (nSPS) is 13.9. The average molecular weight is 792 g/mol. The maximum Gasteiger partial charge on any atom is 0.347 e. The largest absolute Gasteiger partial charge is 0.543 e. The van der Waals surface area contributed by atoms with E-state index in [1.54, 1.807) is 31.6 Å². The predicted octanol–water partition coefficient (Wildman–Crippen LogP) is 9.31. The molecule has 3 aromatic heterocycles. The minimum atomic E-state index is -2.19. The van der Waals surface area contributed by atoms with Gasteiger partial charge in [0.15, 0.2) is 5.82 Å². The van der Waals surface area contributed by atoms with E-state index in [2.05, 4.69) is 64.7 Å². The number of para-hydroxylation sites is 1. The maximum atomic E-state index is 13.6. The fourth-order valence-electron chi connectivity index (χ4n) is 5.29. The quantitative estimate of drug-likeness (QED) is 0.0796. The third-order valence-corrected chi connectivity index (χ3v) is 15.9. The van der Waals surface area contributed by atoms with Gasteiger partial charge >= 0.3 is 5.97 Å². The van der Waals surface area contributed by atoms with Crippen LogP contribution in [0.25, 0.3) is 21.6 Å². The number of esters is 1. The number of rotatable bonds is 14. The minimum absolute atomic E-state index is 0.0172. The van der Waals surface area contributed by atoms with Gasteiger partial charge in [-0.1, -0.05) is 32.9 Å². The Balaban J connectivity index is 1.33. The van der Waals surface area contributed by atoms with Crippen molar-refractivity contribution >= 4 is 51.8 Å². The molecule has 13 heteroatoms. The number of aromatic nitrogens is 4. The molecule has 0 saturated heterocycles. The van der Waals surface area contributed by atoms with Gasteiger partial charge in [-0.15, -0.1) is 11.3 Å². The molecule has 2 aromatic carbocycles. The van der Waals surface area contributed by atoms with Crippen molar-refractivity contribution in [1.82, 2.24) is 19.9 Å². The monoisotopic (exact) mass is 790 g/mol. The van der Waals surface area contributed by atoms with E-state index in [1.165, 1.54) is 11.2 Å². The van der Waals surface area contributed by atoms with E-state index < -0.39 is 20.4 Å². The first-order chi connectivity index (χ1) is 24.4. The first-order valence-electron chi connectivity index (χ1n) is 17.0. The zero-order chi connectivity index (χ0) is 36.3. The van der Waals surface area contributed by atoms with Crippen LogP contribution in [0.5, 0.6) is 23.1 Å². The molecular formula is C38H43BrN4O6SSi. The van der Waals surface area contributed by atoms with Crippen molar-refractivity contribution in [1.29, 1.82) is 0 Å². The average Bonchev–Trinajstić information content (AvgIpc) is 3.89. The number of carbonyl (C=O) groups is 1. The van der Waals surface area contributed by atoms with Crippen molar-refractivity contribution in [2.24, 2.45) is 0 Å². The van der Waals surface area contributed by atoms with E-state index in [0.717, 1.165) is 38.7 Å². The summed E-state index contributed by atoms with van der Waals surface area (Å²) >= 11 is 5.42. The molecule has 0 radical (unpaired) electrons. The molecule has 0 spiro atoms. The highest BCUT2D eigenvalue weighted by molar-refractivity contribution is 9.10. The third-order valence-electron chi connectivity index (χ3n) is 9.22. The summed E-state index contributed by atoms with van der Waals surface area (Å²) in [5.41, 5.74) is 2.18. The SMILES string of the molecule is CCOC(=O)[C@@H](Cc1cc(O[Si](C)(C)C(C)(C)C)ccc1OCc1ccnc(-c2ccccc2OC)n1)Oc1ncnc2sc(C3CC3)c(Br)c12. The lowest BCUT2D eigenvalue weighted by Crippen LogP contribution is -2.43. The molecule has 3 heterocycles. The number of carbonyl (C=O) groups excluding carboxylic acids is 1.